The van der Waals surface area contributed by atoms with Gasteiger partial charge in [0.05, 0.1) is 31.9 Å². The molecular weight excluding hydrogens is 772 g/mol. The van der Waals surface area contributed by atoms with Gasteiger partial charge in [-0.3, -0.25) is 0 Å². The molecule has 0 unspecified atom stereocenters. The first-order chi connectivity index (χ1) is 25.1. The summed E-state index contributed by atoms with van der Waals surface area (Å²) >= 11 is 12.6. The number of carboxylic acids is 1. The molecule has 19 heteroatoms. The number of ether oxygens (including phenoxy) is 1. The Kier molecular flexibility index (Phi) is 13.3. The SMILES string of the molecule is Cc1c(N2CCN(C(=O)OC(C)(C)C)CC2)nc2cc(F)cc(F)c2c1Cl.Cc1c(N2CCNCC2)nc2cc(F)cc(F)c2c1Cl.O=C(O)C(F)(F)F. The summed E-state index contributed by atoms with van der Waals surface area (Å²) in [5.74, 6) is -4.23. The summed E-state index contributed by atoms with van der Waals surface area (Å²) in [6.07, 6.45) is -5.44. The molecule has 4 aromatic rings. The highest BCUT2D eigenvalue weighted by molar-refractivity contribution is 6.37. The van der Waals surface area contributed by atoms with E-state index in [-0.39, 0.29) is 32.9 Å². The van der Waals surface area contributed by atoms with Crippen LogP contribution in [0.2, 0.25) is 10.0 Å². The molecule has 294 valence electrons. The third kappa shape index (κ3) is 10.2. The zero-order valence-electron chi connectivity index (χ0n) is 29.8. The van der Waals surface area contributed by atoms with Crippen LogP contribution in [0.25, 0.3) is 21.8 Å². The summed E-state index contributed by atoms with van der Waals surface area (Å²) in [6, 6.07) is 4.02. The van der Waals surface area contributed by atoms with Crippen LogP contribution in [-0.2, 0) is 9.53 Å². The van der Waals surface area contributed by atoms with Gasteiger partial charge >= 0.3 is 18.2 Å². The number of nitrogens with zero attached hydrogens (tertiary/aromatic N) is 5. The Morgan fingerprint density at radius 3 is 1.50 bits per heavy atom. The largest absolute Gasteiger partial charge is 0.490 e. The van der Waals surface area contributed by atoms with Gasteiger partial charge in [-0.1, -0.05) is 23.2 Å². The van der Waals surface area contributed by atoms with Gasteiger partial charge < -0.3 is 29.9 Å². The fourth-order valence-corrected chi connectivity index (χ4v) is 6.16. The summed E-state index contributed by atoms with van der Waals surface area (Å²) in [4.78, 5) is 35.6. The van der Waals surface area contributed by atoms with Gasteiger partial charge in [0, 0.05) is 87.8 Å². The number of hydrogen-bond donors (Lipinski definition) is 2. The number of anilines is 2. The number of aliphatic carboxylic acids is 1. The lowest BCUT2D eigenvalue weighted by Crippen LogP contribution is -2.50. The Bertz CT molecular complexity index is 2030. The predicted octanol–water partition coefficient (Wildman–Crippen LogP) is 8.05. The number of alkyl halides is 3. The highest BCUT2D eigenvalue weighted by Crippen LogP contribution is 2.36. The Labute approximate surface area is 315 Å². The second-order valence-corrected chi connectivity index (χ2v) is 14.1. The number of nitrogens with one attached hydrogen (secondary N) is 1. The molecule has 0 aliphatic carbocycles. The molecule has 6 rings (SSSR count). The van der Waals surface area contributed by atoms with Gasteiger partial charge in [-0.05, 0) is 34.6 Å². The summed E-state index contributed by atoms with van der Waals surface area (Å²) < 4.78 is 92.0. The van der Waals surface area contributed by atoms with E-state index in [1.807, 2.05) is 32.6 Å². The lowest BCUT2D eigenvalue weighted by atomic mass is 10.1. The summed E-state index contributed by atoms with van der Waals surface area (Å²) in [5.41, 5.74) is 1.23. The topological polar surface area (TPSA) is 111 Å². The number of fused-ring (bicyclic) bond motifs is 2. The van der Waals surface area contributed by atoms with Crippen molar-refractivity contribution < 1.29 is 50.2 Å². The molecule has 0 atom stereocenters. The van der Waals surface area contributed by atoms with E-state index in [9.17, 15) is 35.5 Å². The van der Waals surface area contributed by atoms with Gasteiger partial charge in [0.1, 0.15) is 40.5 Å². The van der Waals surface area contributed by atoms with E-state index in [1.165, 1.54) is 12.1 Å². The molecule has 0 radical (unpaired) electrons. The summed E-state index contributed by atoms with van der Waals surface area (Å²) in [7, 11) is 0. The number of aromatic nitrogens is 2. The molecule has 2 aliphatic heterocycles. The van der Waals surface area contributed by atoms with Gasteiger partial charge in [0.15, 0.2) is 0 Å². The van der Waals surface area contributed by atoms with Gasteiger partial charge in [-0.2, -0.15) is 13.2 Å². The molecule has 4 heterocycles. The third-order valence-corrected chi connectivity index (χ3v) is 9.12. The van der Waals surface area contributed by atoms with Crippen LogP contribution >= 0.6 is 23.2 Å². The van der Waals surface area contributed by atoms with Crippen LogP contribution in [-0.4, -0.2) is 96.2 Å². The van der Waals surface area contributed by atoms with Gasteiger partial charge in [-0.25, -0.2) is 37.1 Å². The minimum absolute atomic E-state index is 0.117. The van der Waals surface area contributed by atoms with Crippen molar-refractivity contribution in [1.29, 1.82) is 0 Å². The number of piperazine rings is 2. The van der Waals surface area contributed by atoms with E-state index >= 15 is 0 Å². The number of hydrogen-bond acceptors (Lipinski definition) is 8. The molecule has 54 heavy (non-hydrogen) atoms. The fraction of sp³-hybridized carbons (Fsp3) is 0.429. The van der Waals surface area contributed by atoms with Gasteiger partial charge in [0.2, 0.25) is 0 Å². The Morgan fingerprint density at radius 2 is 1.13 bits per heavy atom. The quantitative estimate of drug-likeness (QED) is 0.195. The number of rotatable bonds is 2. The first kappa shape index (κ1) is 42.4. The highest BCUT2D eigenvalue weighted by atomic mass is 35.5. The van der Waals surface area contributed by atoms with Crippen molar-refractivity contribution in [3.8, 4) is 0 Å². The Hall–Kier alpha value is -4.35. The van der Waals surface area contributed by atoms with Gasteiger partial charge in [0.25, 0.3) is 0 Å². The number of benzene rings is 2. The molecular formula is C35H37Cl2F7N6O4. The van der Waals surface area contributed by atoms with Crippen molar-refractivity contribution in [3.05, 3.63) is 68.7 Å². The first-order valence-corrected chi connectivity index (χ1v) is 17.2. The lowest BCUT2D eigenvalue weighted by Gasteiger charge is -2.36. The monoisotopic (exact) mass is 808 g/mol. The molecule has 10 nitrogen and oxygen atoms in total. The summed E-state index contributed by atoms with van der Waals surface area (Å²) in [6.45, 7) is 14.3. The number of pyridine rings is 2. The van der Waals surface area contributed by atoms with Crippen molar-refractivity contribution in [1.82, 2.24) is 20.2 Å². The Morgan fingerprint density at radius 1 is 0.741 bits per heavy atom. The number of amides is 1. The normalized spacial score (nSPS) is 15.0. The minimum atomic E-state index is -5.08. The van der Waals surface area contributed by atoms with E-state index in [1.54, 1.807) is 11.8 Å². The third-order valence-electron chi connectivity index (χ3n) is 8.18. The molecule has 2 aromatic carbocycles. The second kappa shape index (κ2) is 17.0. The maximum absolute atomic E-state index is 14.1. The van der Waals surface area contributed by atoms with Crippen molar-refractivity contribution in [2.45, 2.75) is 46.4 Å². The molecule has 2 saturated heterocycles. The van der Waals surface area contributed by atoms with Crippen molar-refractivity contribution in [3.63, 3.8) is 0 Å². The van der Waals surface area contributed by atoms with E-state index in [0.29, 0.717) is 48.4 Å². The average molecular weight is 810 g/mol. The molecule has 0 bridgehead atoms. The van der Waals surface area contributed by atoms with Crippen LogP contribution in [0.15, 0.2) is 24.3 Å². The molecule has 2 aliphatic rings. The zero-order valence-corrected chi connectivity index (χ0v) is 31.3. The maximum Gasteiger partial charge on any atom is 0.490 e. The van der Waals surface area contributed by atoms with Crippen LogP contribution < -0.4 is 15.1 Å². The van der Waals surface area contributed by atoms with Crippen LogP contribution in [0, 0.1) is 37.1 Å². The van der Waals surface area contributed by atoms with Crippen molar-refractivity contribution >= 4 is 68.7 Å². The zero-order chi connectivity index (χ0) is 40.3. The number of carbonyl (C=O) groups is 2. The van der Waals surface area contributed by atoms with Crippen LogP contribution in [0.3, 0.4) is 0 Å². The molecule has 2 aromatic heterocycles. The Balaban J connectivity index is 0.000000211. The van der Waals surface area contributed by atoms with E-state index in [4.69, 9.17) is 37.8 Å². The van der Waals surface area contributed by atoms with E-state index < -0.39 is 41.0 Å². The second-order valence-electron chi connectivity index (χ2n) is 13.3. The average Bonchev–Trinajstić information content (AvgIpc) is 3.07. The minimum Gasteiger partial charge on any atom is -0.475 e. The molecule has 0 spiro atoms. The molecule has 0 saturated carbocycles. The lowest BCUT2D eigenvalue weighted by molar-refractivity contribution is -0.192. The van der Waals surface area contributed by atoms with E-state index in [0.717, 1.165) is 43.9 Å². The number of halogens is 9. The van der Waals surface area contributed by atoms with Gasteiger partial charge in [-0.15, -0.1) is 0 Å². The molecule has 1 amide bonds. The highest BCUT2D eigenvalue weighted by Gasteiger charge is 2.38. The van der Waals surface area contributed by atoms with E-state index in [2.05, 4.69) is 20.2 Å². The van der Waals surface area contributed by atoms with Crippen LogP contribution in [0.4, 0.5) is 47.2 Å². The van der Waals surface area contributed by atoms with Crippen molar-refractivity contribution in [2.75, 3.05) is 62.2 Å². The van der Waals surface area contributed by atoms with Crippen molar-refractivity contribution in [2.24, 2.45) is 0 Å². The predicted molar refractivity (Wildman–Crippen MR) is 192 cm³/mol. The fourth-order valence-electron chi connectivity index (χ4n) is 5.62. The van der Waals surface area contributed by atoms with Crippen LogP contribution in [0.1, 0.15) is 31.9 Å². The smallest absolute Gasteiger partial charge is 0.475 e. The standard InChI is InChI=1S/C19H22ClF2N3O2.C14H14ClF2N3.C2HF3O2/c1-11-16(20)15-13(22)9-12(21)10-14(15)23-17(11)24-5-7-25(8-6-24)18(26)27-19(2,3)4;1-8-13(15)12-10(17)6-9(16)7-11(12)19-14(8)20-4-2-18-3-5-20;3-2(4,5)1(6)7/h9-10H,5-8H2,1-4H3;6-7,18H,2-5H2,1H3;(H,6,7). The first-order valence-electron chi connectivity index (χ1n) is 16.5. The number of carboxylic acid groups (broad SMARTS) is 1. The summed E-state index contributed by atoms with van der Waals surface area (Å²) in [5, 5.41) is 11.2. The van der Waals surface area contributed by atoms with Crippen LogP contribution in [0.5, 0.6) is 0 Å². The molecule has 2 N–H and O–H groups in total. The molecule has 2 fully saturated rings. The maximum atomic E-state index is 14.1. The number of carbonyl (C=O) groups excluding carboxylic acids is 1.